The van der Waals surface area contributed by atoms with E-state index in [1.165, 1.54) is 4.90 Å². The van der Waals surface area contributed by atoms with Gasteiger partial charge in [-0.1, -0.05) is 0 Å². The molecule has 2 saturated heterocycles. The number of alkyl halides is 3. The van der Waals surface area contributed by atoms with Crippen LogP contribution < -0.4 is 5.32 Å². The van der Waals surface area contributed by atoms with Gasteiger partial charge in [0, 0.05) is 12.1 Å². The van der Waals surface area contributed by atoms with Crippen LogP contribution in [0.4, 0.5) is 18.0 Å². The number of hydroxylamine groups is 2. The number of halogens is 3. The van der Waals surface area contributed by atoms with Crippen molar-refractivity contribution in [3.05, 3.63) is 35.4 Å². The Balaban J connectivity index is 1.67. The van der Waals surface area contributed by atoms with E-state index in [2.05, 4.69) is 5.32 Å². The van der Waals surface area contributed by atoms with Crippen molar-refractivity contribution in [1.82, 2.24) is 15.3 Å². The van der Waals surface area contributed by atoms with Crippen LogP contribution in [0.3, 0.4) is 0 Å². The van der Waals surface area contributed by atoms with Gasteiger partial charge < -0.3 is 10.2 Å². The van der Waals surface area contributed by atoms with Crippen molar-refractivity contribution in [3.8, 4) is 0 Å². The van der Waals surface area contributed by atoms with Crippen molar-refractivity contribution in [3.63, 3.8) is 0 Å². The molecule has 0 radical (unpaired) electrons. The number of benzene rings is 1. The van der Waals surface area contributed by atoms with Gasteiger partial charge in [-0.2, -0.15) is 13.2 Å². The summed E-state index contributed by atoms with van der Waals surface area (Å²) in [5.41, 5.74) is -0.897. The molecular formula is C15H15F3N4O3. The number of piperidine rings is 1. The number of amides is 3. The zero-order valence-electron chi connectivity index (χ0n) is 12.9. The number of rotatable bonds is 2. The number of carbonyl (C=O) groups is 2. The Kier molecular flexibility index (Phi) is 4.15. The molecule has 2 aliphatic heterocycles. The van der Waals surface area contributed by atoms with Crippen molar-refractivity contribution in [1.29, 1.82) is 5.41 Å². The van der Waals surface area contributed by atoms with Crippen LogP contribution in [0.25, 0.3) is 0 Å². The van der Waals surface area contributed by atoms with E-state index in [1.54, 1.807) is 0 Å². The van der Waals surface area contributed by atoms with E-state index in [4.69, 9.17) is 5.41 Å². The topological polar surface area (TPSA) is 96.7 Å². The normalized spacial score (nSPS) is 23.0. The zero-order valence-corrected chi connectivity index (χ0v) is 12.9. The van der Waals surface area contributed by atoms with Crippen LogP contribution in [0.1, 0.15) is 28.8 Å². The molecule has 2 heterocycles. The number of nitrogens with one attached hydrogen (secondary N) is 2. The molecule has 0 saturated carbocycles. The van der Waals surface area contributed by atoms with E-state index in [0.29, 0.717) is 17.9 Å². The number of nitrogens with zero attached hydrogens (tertiary/aromatic N) is 2. The lowest BCUT2D eigenvalue weighted by molar-refractivity contribution is -0.137. The average Bonchev–Trinajstić information content (AvgIpc) is 2.78. The van der Waals surface area contributed by atoms with Crippen molar-refractivity contribution < 1.29 is 28.0 Å². The third kappa shape index (κ3) is 3.16. The Morgan fingerprint density at radius 1 is 1.24 bits per heavy atom. The second kappa shape index (κ2) is 6.03. The molecular weight excluding hydrogens is 341 g/mol. The molecule has 7 nitrogen and oxygen atoms in total. The van der Waals surface area contributed by atoms with Crippen LogP contribution in [0.2, 0.25) is 0 Å². The average molecular weight is 356 g/mol. The summed E-state index contributed by atoms with van der Waals surface area (Å²) in [7, 11) is 0. The second-order valence-electron chi connectivity index (χ2n) is 5.97. The number of amidine groups is 1. The molecule has 25 heavy (non-hydrogen) atoms. The summed E-state index contributed by atoms with van der Waals surface area (Å²) in [6.07, 6.45) is -3.60. The Bertz CT molecular complexity index is 720. The maximum absolute atomic E-state index is 12.5. The van der Waals surface area contributed by atoms with Crippen LogP contribution in [-0.4, -0.2) is 51.6 Å². The first-order valence-electron chi connectivity index (χ1n) is 7.54. The summed E-state index contributed by atoms with van der Waals surface area (Å²) in [6.45, 7) is 0.262. The Morgan fingerprint density at radius 2 is 1.88 bits per heavy atom. The van der Waals surface area contributed by atoms with Crippen LogP contribution in [-0.2, 0) is 6.18 Å². The minimum atomic E-state index is -4.49. The van der Waals surface area contributed by atoms with Crippen LogP contribution in [0, 0.1) is 5.41 Å². The third-order valence-electron chi connectivity index (χ3n) is 4.40. The van der Waals surface area contributed by atoms with Gasteiger partial charge in [0.1, 0.15) is 5.84 Å². The fourth-order valence-electron chi connectivity index (χ4n) is 3.04. The molecule has 0 unspecified atom stereocenters. The van der Waals surface area contributed by atoms with E-state index in [1.807, 2.05) is 0 Å². The first-order chi connectivity index (χ1) is 11.7. The van der Waals surface area contributed by atoms with Crippen LogP contribution >= 0.6 is 0 Å². The molecule has 1 aromatic rings. The van der Waals surface area contributed by atoms with E-state index >= 15 is 0 Å². The maximum atomic E-state index is 12.5. The summed E-state index contributed by atoms with van der Waals surface area (Å²) in [5, 5.41) is 20.6. The van der Waals surface area contributed by atoms with E-state index in [9.17, 15) is 28.0 Å². The molecule has 3 amide bonds. The first-order valence-corrected chi connectivity index (χ1v) is 7.54. The Labute approximate surface area is 140 Å². The summed E-state index contributed by atoms with van der Waals surface area (Å²) < 4.78 is 37.6. The lowest BCUT2D eigenvalue weighted by Crippen LogP contribution is -2.50. The molecule has 2 atom stereocenters. The highest BCUT2D eigenvalue weighted by Gasteiger charge is 2.45. The van der Waals surface area contributed by atoms with Crippen LogP contribution in [0.5, 0.6) is 0 Å². The van der Waals surface area contributed by atoms with Gasteiger partial charge in [-0.15, -0.1) is 0 Å². The molecule has 0 aliphatic carbocycles. The minimum Gasteiger partial charge on any atom is -0.311 e. The van der Waals surface area contributed by atoms with Gasteiger partial charge in [-0.05, 0) is 37.1 Å². The van der Waals surface area contributed by atoms with E-state index < -0.39 is 29.7 Å². The lowest BCUT2D eigenvalue weighted by atomic mass is 10.00. The molecule has 3 rings (SSSR count). The minimum absolute atomic E-state index is 0.0250. The molecule has 1 aromatic carbocycles. The van der Waals surface area contributed by atoms with Gasteiger partial charge in [-0.3, -0.25) is 15.4 Å². The number of hydrogen-bond acceptors (Lipinski definition) is 4. The highest BCUT2D eigenvalue weighted by atomic mass is 19.4. The molecule has 0 aromatic heterocycles. The van der Waals surface area contributed by atoms with Crippen molar-refractivity contribution in [2.24, 2.45) is 0 Å². The fourth-order valence-corrected chi connectivity index (χ4v) is 3.04. The van der Waals surface area contributed by atoms with Crippen molar-refractivity contribution in [2.45, 2.75) is 31.1 Å². The lowest BCUT2D eigenvalue weighted by Gasteiger charge is -2.30. The SMILES string of the molecule is N=C(NC(=O)c1ccc(C(F)(F)F)cc1)[C@@H]1CC[C@@H]2CN1C(=O)N2O. The molecule has 2 bridgehead atoms. The monoisotopic (exact) mass is 356 g/mol. The quantitative estimate of drug-likeness (QED) is 0.430. The van der Waals surface area contributed by atoms with Crippen molar-refractivity contribution in [2.75, 3.05) is 6.54 Å². The molecule has 134 valence electrons. The maximum Gasteiger partial charge on any atom is 0.416 e. The molecule has 0 spiro atoms. The highest BCUT2D eigenvalue weighted by Crippen LogP contribution is 2.30. The first kappa shape index (κ1) is 17.2. The summed E-state index contributed by atoms with van der Waals surface area (Å²) in [4.78, 5) is 25.3. The molecule has 3 N–H and O–H groups in total. The van der Waals surface area contributed by atoms with E-state index in [-0.39, 0.29) is 24.0 Å². The third-order valence-corrected chi connectivity index (χ3v) is 4.40. The van der Waals surface area contributed by atoms with Gasteiger partial charge in [0.15, 0.2) is 0 Å². The summed E-state index contributed by atoms with van der Waals surface area (Å²) in [5.74, 6) is -0.958. The molecule has 10 heteroatoms. The molecule has 2 aliphatic rings. The van der Waals surface area contributed by atoms with Crippen LogP contribution in [0.15, 0.2) is 24.3 Å². The predicted octanol–water partition coefficient (Wildman–Crippen LogP) is 2.07. The summed E-state index contributed by atoms with van der Waals surface area (Å²) in [6, 6.07) is 2.01. The number of urea groups is 1. The van der Waals surface area contributed by atoms with Gasteiger partial charge >= 0.3 is 12.2 Å². The smallest absolute Gasteiger partial charge is 0.311 e. The highest BCUT2D eigenvalue weighted by molar-refractivity contribution is 6.07. The van der Waals surface area contributed by atoms with Crippen molar-refractivity contribution >= 4 is 17.8 Å². The fraction of sp³-hybridized carbons (Fsp3) is 0.400. The number of carbonyl (C=O) groups excluding carboxylic acids is 2. The van der Waals surface area contributed by atoms with Gasteiger partial charge in [0.2, 0.25) is 0 Å². The Hall–Kier alpha value is -2.62. The number of hydrogen-bond donors (Lipinski definition) is 3. The standard InChI is InChI=1S/C15H15F3N4O3/c16-15(17,18)9-3-1-8(2-4-9)13(23)20-12(19)11-6-5-10-7-21(11)14(24)22(10)25/h1-4,10-11,25H,5-7H2,(H2,19,20,23)/t10-,11+/m1/s1. The van der Waals surface area contributed by atoms with E-state index in [0.717, 1.165) is 24.3 Å². The molecule has 2 fully saturated rings. The van der Waals surface area contributed by atoms with Gasteiger partial charge in [-0.25, -0.2) is 9.86 Å². The summed E-state index contributed by atoms with van der Waals surface area (Å²) >= 11 is 0. The largest absolute Gasteiger partial charge is 0.416 e. The zero-order chi connectivity index (χ0) is 18.4. The van der Waals surface area contributed by atoms with Gasteiger partial charge in [0.25, 0.3) is 5.91 Å². The number of fused-ring (bicyclic) bond motifs is 2. The predicted molar refractivity (Wildman–Crippen MR) is 79.2 cm³/mol. The van der Waals surface area contributed by atoms with Gasteiger partial charge in [0.05, 0.1) is 17.6 Å². The Morgan fingerprint density at radius 3 is 2.48 bits per heavy atom. The second-order valence-corrected chi connectivity index (χ2v) is 5.97.